The van der Waals surface area contributed by atoms with E-state index in [-0.39, 0.29) is 6.04 Å². The molecule has 21 heavy (non-hydrogen) atoms. The molecule has 2 heterocycles. The Morgan fingerprint density at radius 3 is 2.48 bits per heavy atom. The van der Waals surface area contributed by atoms with Crippen LogP contribution in [0.15, 0.2) is 36.7 Å². The van der Waals surface area contributed by atoms with Crippen molar-refractivity contribution in [2.75, 3.05) is 5.32 Å². The molecule has 0 unspecified atom stereocenters. The van der Waals surface area contributed by atoms with Crippen molar-refractivity contribution in [3.63, 3.8) is 0 Å². The summed E-state index contributed by atoms with van der Waals surface area (Å²) in [7, 11) is 0. The summed E-state index contributed by atoms with van der Waals surface area (Å²) in [6, 6.07) is 7.74. The van der Waals surface area contributed by atoms with Gasteiger partial charge in [-0.25, -0.2) is 15.0 Å². The first kappa shape index (κ1) is 13.7. The molecule has 1 N–H and O–H groups in total. The number of anilines is 1. The van der Waals surface area contributed by atoms with Crippen LogP contribution in [0.4, 0.5) is 5.95 Å². The first-order valence-corrected chi connectivity index (χ1v) is 7.02. The quantitative estimate of drug-likeness (QED) is 0.801. The summed E-state index contributed by atoms with van der Waals surface area (Å²) in [4.78, 5) is 17.5. The van der Waals surface area contributed by atoms with Crippen LogP contribution in [-0.2, 0) is 0 Å². The third-order valence-corrected chi connectivity index (χ3v) is 3.11. The Kier molecular flexibility index (Phi) is 3.66. The zero-order chi connectivity index (χ0) is 14.8. The van der Waals surface area contributed by atoms with Crippen LogP contribution in [0.5, 0.6) is 0 Å². The molecule has 0 aliphatic rings. The van der Waals surface area contributed by atoms with E-state index in [0.29, 0.717) is 22.1 Å². The van der Waals surface area contributed by atoms with E-state index >= 15 is 0 Å². The van der Waals surface area contributed by atoms with Gasteiger partial charge in [-0.1, -0.05) is 23.7 Å². The molecule has 3 rings (SSSR count). The van der Waals surface area contributed by atoms with Crippen LogP contribution >= 0.6 is 11.6 Å². The van der Waals surface area contributed by atoms with Crippen LogP contribution in [0.2, 0.25) is 5.02 Å². The van der Waals surface area contributed by atoms with Gasteiger partial charge in [-0.2, -0.15) is 4.98 Å². The minimum Gasteiger partial charge on any atom is -0.352 e. The van der Waals surface area contributed by atoms with Gasteiger partial charge in [0.05, 0.1) is 18.1 Å². The predicted octanol–water partition coefficient (Wildman–Crippen LogP) is 3.56. The van der Waals surface area contributed by atoms with Crippen molar-refractivity contribution in [2.45, 2.75) is 19.9 Å². The Balaban J connectivity index is 1.99. The Morgan fingerprint density at radius 1 is 1.00 bits per heavy atom. The average molecular weight is 300 g/mol. The van der Waals surface area contributed by atoms with E-state index in [1.807, 2.05) is 38.1 Å². The molecule has 0 spiro atoms. The van der Waals surface area contributed by atoms with Crippen molar-refractivity contribution in [3.8, 4) is 11.3 Å². The predicted molar refractivity (Wildman–Crippen MR) is 84.3 cm³/mol. The second kappa shape index (κ2) is 5.61. The van der Waals surface area contributed by atoms with Crippen LogP contribution < -0.4 is 5.32 Å². The topological polar surface area (TPSA) is 63.6 Å². The fourth-order valence-corrected chi connectivity index (χ4v) is 2.03. The summed E-state index contributed by atoms with van der Waals surface area (Å²) in [6.07, 6.45) is 3.39. The molecule has 0 saturated heterocycles. The summed E-state index contributed by atoms with van der Waals surface area (Å²) in [5.41, 5.74) is 2.97. The number of fused-ring (bicyclic) bond motifs is 1. The monoisotopic (exact) mass is 299 g/mol. The summed E-state index contributed by atoms with van der Waals surface area (Å²) in [5, 5.41) is 3.84. The summed E-state index contributed by atoms with van der Waals surface area (Å²) in [5.74, 6) is 0.561. The van der Waals surface area contributed by atoms with E-state index in [0.717, 1.165) is 11.3 Å². The minimum atomic E-state index is 0.267. The van der Waals surface area contributed by atoms with E-state index in [1.165, 1.54) is 0 Å². The van der Waals surface area contributed by atoms with E-state index in [9.17, 15) is 0 Å². The van der Waals surface area contributed by atoms with Gasteiger partial charge in [0, 0.05) is 16.6 Å². The molecule has 0 atom stereocenters. The number of nitrogens with one attached hydrogen (secondary N) is 1. The van der Waals surface area contributed by atoms with Crippen LogP contribution in [0.3, 0.4) is 0 Å². The molecule has 0 saturated carbocycles. The second-order valence-electron chi connectivity index (χ2n) is 4.96. The number of hydrogen-bond acceptors (Lipinski definition) is 5. The zero-order valence-corrected chi connectivity index (χ0v) is 12.5. The highest BCUT2D eigenvalue weighted by Gasteiger charge is 2.06. The van der Waals surface area contributed by atoms with Crippen molar-refractivity contribution < 1.29 is 0 Å². The lowest BCUT2D eigenvalue weighted by Gasteiger charge is -2.08. The average Bonchev–Trinajstić information content (AvgIpc) is 2.47. The second-order valence-corrected chi connectivity index (χ2v) is 5.40. The lowest BCUT2D eigenvalue weighted by atomic mass is 10.2. The van der Waals surface area contributed by atoms with Gasteiger partial charge in [0.25, 0.3) is 0 Å². The van der Waals surface area contributed by atoms with E-state index in [4.69, 9.17) is 11.6 Å². The summed E-state index contributed by atoms with van der Waals surface area (Å²) >= 11 is 5.89. The lowest BCUT2D eigenvalue weighted by molar-refractivity contribution is 0.876. The van der Waals surface area contributed by atoms with Crippen molar-refractivity contribution in [3.05, 3.63) is 41.7 Å². The molecule has 2 aromatic heterocycles. The highest BCUT2D eigenvalue weighted by molar-refractivity contribution is 6.30. The van der Waals surface area contributed by atoms with Gasteiger partial charge in [-0.15, -0.1) is 0 Å². The standard InChI is InChI=1S/C15H14ClN5/c1-9(2)19-15-18-8-13-14(21-15)17-7-12(20-13)10-3-5-11(16)6-4-10/h3-9H,1-2H3,(H,17,18,19,21). The Hall–Kier alpha value is -2.27. The molecular weight excluding hydrogens is 286 g/mol. The maximum Gasteiger partial charge on any atom is 0.225 e. The first-order valence-electron chi connectivity index (χ1n) is 6.64. The highest BCUT2D eigenvalue weighted by atomic mass is 35.5. The van der Waals surface area contributed by atoms with E-state index in [2.05, 4.69) is 25.3 Å². The van der Waals surface area contributed by atoms with Crippen LogP contribution in [0.1, 0.15) is 13.8 Å². The van der Waals surface area contributed by atoms with Gasteiger partial charge in [0.1, 0.15) is 5.52 Å². The molecule has 0 aliphatic carbocycles. The normalized spacial score (nSPS) is 11.0. The molecule has 0 aliphatic heterocycles. The molecule has 0 amide bonds. The molecule has 0 bridgehead atoms. The minimum absolute atomic E-state index is 0.267. The van der Waals surface area contributed by atoms with Crippen LogP contribution in [0, 0.1) is 0 Å². The van der Waals surface area contributed by atoms with E-state index in [1.54, 1.807) is 12.4 Å². The van der Waals surface area contributed by atoms with Crippen LogP contribution in [0.25, 0.3) is 22.4 Å². The Morgan fingerprint density at radius 2 is 1.76 bits per heavy atom. The highest BCUT2D eigenvalue weighted by Crippen LogP contribution is 2.20. The lowest BCUT2D eigenvalue weighted by Crippen LogP contribution is -2.12. The number of benzene rings is 1. The fourth-order valence-electron chi connectivity index (χ4n) is 1.91. The number of nitrogens with zero attached hydrogens (tertiary/aromatic N) is 4. The van der Waals surface area contributed by atoms with Gasteiger partial charge < -0.3 is 5.32 Å². The van der Waals surface area contributed by atoms with Gasteiger partial charge in [-0.3, -0.25) is 0 Å². The molecule has 0 fully saturated rings. The van der Waals surface area contributed by atoms with Gasteiger partial charge >= 0.3 is 0 Å². The Labute approximate surface area is 127 Å². The first-order chi connectivity index (χ1) is 10.1. The molecule has 3 aromatic rings. The molecule has 106 valence electrons. The third-order valence-electron chi connectivity index (χ3n) is 2.86. The van der Waals surface area contributed by atoms with E-state index < -0.39 is 0 Å². The summed E-state index contributed by atoms with van der Waals surface area (Å²) in [6.45, 7) is 4.06. The van der Waals surface area contributed by atoms with Crippen molar-refractivity contribution in [2.24, 2.45) is 0 Å². The van der Waals surface area contributed by atoms with Gasteiger partial charge in [-0.05, 0) is 26.0 Å². The SMILES string of the molecule is CC(C)Nc1ncc2nc(-c3ccc(Cl)cc3)cnc2n1. The smallest absolute Gasteiger partial charge is 0.225 e. The number of halogens is 1. The Bertz CT molecular complexity index is 771. The summed E-state index contributed by atoms with van der Waals surface area (Å²) < 4.78 is 0. The van der Waals surface area contributed by atoms with Gasteiger partial charge in [0.2, 0.25) is 5.95 Å². The van der Waals surface area contributed by atoms with Crippen molar-refractivity contribution >= 4 is 28.7 Å². The number of aromatic nitrogens is 4. The zero-order valence-electron chi connectivity index (χ0n) is 11.7. The van der Waals surface area contributed by atoms with Crippen LogP contribution in [-0.4, -0.2) is 26.0 Å². The third kappa shape index (κ3) is 3.08. The molecular formula is C15H14ClN5. The molecule has 0 radical (unpaired) electrons. The molecule has 5 nitrogen and oxygen atoms in total. The maximum absolute atomic E-state index is 5.89. The molecule has 6 heteroatoms. The van der Waals surface area contributed by atoms with Gasteiger partial charge in [0.15, 0.2) is 5.65 Å². The van der Waals surface area contributed by atoms with Crippen molar-refractivity contribution in [1.29, 1.82) is 0 Å². The molecule has 1 aromatic carbocycles. The van der Waals surface area contributed by atoms with Crippen molar-refractivity contribution in [1.82, 2.24) is 19.9 Å². The maximum atomic E-state index is 5.89. The fraction of sp³-hybridized carbons (Fsp3) is 0.200. The largest absolute Gasteiger partial charge is 0.352 e. The number of rotatable bonds is 3. The number of hydrogen-bond donors (Lipinski definition) is 1.